The molecule has 0 bridgehead atoms. The number of hydrogen-bond acceptors (Lipinski definition) is 2. The molecule has 3 rings (SSSR count). The number of hydrogen-bond donors (Lipinski definition) is 1. The average molecular weight is 352 g/mol. The van der Waals surface area contributed by atoms with E-state index < -0.39 is 0 Å². The van der Waals surface area contributed by atoms with Gasteiger partial charge in [-0.1, -0.05) is 42.2 Å². The first kappa shape index (κ1) is 18.2. The number of nitrogens with one attached hydrogen (secondary N) is 1. The molecule has 0 fully saturated rings. The molecule has 22 heavy (non-hydrogen) atoms. The zero-order chi connectivity index (χ0) is 13.6. The van der Waals surface area contributed by atoms with Crippen LogP contribution in [0.2, 0.25) is 0 Å². The molecule has 5 heteroatoms. The molecule has 2 aromatic carbocycles. The summed E-state index contributed by atoms with van der Waals surface area (Å²) in [7, 11) is 0. The molecule has 0 saturated heterocycles. The molecule has 0 unspecified atom stereocenters. The molecule has 0 radical (unpaired) electrons. The summed E-state index contributed by atoms with van der Waals surface area (Å²) in [5.41, 5.74) is 1.91. The van der Waals surface area contributed by atoms with E-state index in [1.165, 1.54) is 0 Å². The fraction of sp³-hybridized carbons (Fsp3) is 0.0588. The summed E-state index contributed by atoms with van der Waals surface area (Å²) in [6.45, 7) is 0. The number of aliphatic imine (C=N–C) groups is 2. The van der Waals surface area contributed by atoms with E-state index >= 15 is 0 Å². The van der Waals surface area contributed by atoms with Crippen molar-refractivity contribution >= 4 is 23.0 Å². The Morgan fingerprint density at radius 3 is 2.27 bits per heavy atom. The van der Waals surface area contributed by atoms with E-state index in [1.54, 1.807) is 0 Å². The zero-order valence-corrected chi connectivity index (χ0v) is 13.5. The van der Waals surface area contributed by atoms with E-state index in [4.69, 9.17) is 0 Å². The van der Waals surface area contributed by atoms with Crippen molar-refractivity contribution in [3.8, 4) is 0 Å². The molecule has 0 spiro atoms. The maximum atomic E-state index is 4.53. The molecular formula is C17H14ClFeN3. The maximum absolute atomic E-state index is 4.53. The largest absolute Gasteiger partial charge is 2.00 e. The van der Waals surface area contributed by atoms with Crippen LogP contribution in [-0.2, 0) is 17.1 Å². The predicted octanol–water partition coefficient (Wildman–Crippen LogP) is 0.992. The summed E-state index contributed by atoms with van der Waals surface area (Å²) < 4.78 is 0. The molecule has 1 heterocycles. The van der Waals surface area contributed by atoms with Crippen LogP contribution in [0, 0.1) is 6.08 Å². The van der Waals surface area contributed by atoms with Crippen LogP contribution >= 0.6 is 0 Å². The van der Waals surface area contributed by atoms with Crippen molar-refractivity contribution < 1.29 is 29.5 Å². The van der Waals surface area contributed by atoms with Gasteiger partial charge in [0.05, 0.1) is 5.69 Å². The van der Waals surface area contributed by atoms with Crippen LogP contribution in [-0.4, -0.2) is 11.7 Å². The average Bonchev–Trinajstić information content (AvgIpc) is 2.50. The van der Waals surface area contributed by atoms with Gasteiger partial charge in [0.15, 0.2) is 0 Å². The van der Waals surface area contributed by atoms with Crippen molar-refractivity contribution in [2.75, 3.05) is 5.32 Å². The fourth-order valence-electron chi connectivity index (χ4n) is 1.89. The van der Waals surface area contributed by atoms with Crippen LogP contribution in [0.4, 0.5) is 11.4 Å². The zero-order valence-electron chi connectivity index (χ0n) is 11.7. The Hall–Kier alpha value is -1.87. The summed E-state index contributed by atoms with van der Waals surface area (Å²) in [4.78, 5) is 9.01. The normalized spacial score (nSPS) is 14.5. The monoisotopic (exact) mass is 351 g/mol. The van der Waals surface area contributed by atoms with Gasteiger partial charge >= 0.3 is 17.1 Å². The fourth-order valence-corrected chi connectivity index (χ4v) is 1.89. The Morgan fingerprint density at radius 1 is 0.955 bits per heavy atom. The molecule has 0 amide bonds. The molecule has 1 aliphatic rings. The summed E-state index contributed by atoms with van der Waals surface area (Å²) in [5, 5.41) is 3.22. The van der Waals surface area contributed by atoms with E-state index in [1.807, 2.05) is 66.7 Å². The van der Waals surface area contributed by atoms with Crippen LogP contribution < -0.4 is 17.7 Å². The minimum Gasteiger partial charge on any atom is -1.00 e. The summed E-state index contributed by atoms with van der Waals surface area (Å²) in [6.07, 6.45) is 5.76. The van der Waals surface area contributed by atoms with Crippen LogP contribution in [0.25, 0.3) is 0 Å². The standard InChI is InChI=1S/C17H14N3.ClH.Fe/c1-3-8-14(9-4-1)18-16-12-7-13-17(20-16)19-15-10-5-2-6-11-15;;/h1-11H,12H2,(H,18,19,20);1H;/q-1;;+2/p-1. The first-order chi connectivity index (χ1) is 9.90. The first-order valence-electron chi connectivity index (χ1n) is 6.52. The van der Waals surface area contributed by atoms with Gasteiger partial charge in [-0.05, 0) is 30.7 Å². The molecule has 3 nitrogen and oxygen atoms in total. The van der Waals surface area contributed by atoms with Gasteiger partial charge in [-0.15, -0.1) is 0 Å². The topological polar surface area (TPSA) is 36.8 Å². The van der Waals surface area contributed by atoms with Crippen LogP contribution in [0.15, 0.2) is 76.7 Å². The second-order valence-electron chi connectivity index (χ2n) is 4.37. The number of halogens is 1. The number of dihydropyridines is 1. The van der Waals surface area contributed by atoms with Crippen molar-refractivity contribution in [3.63, 3.8) is 0 Å². The summed E-state index contributed by atoms with van der Waals surface area (Å²) >= 11 is 0. The van der Waals surface area contributed by atoms with E-state index in [0.717, 1.165) is 17.2 Å². The van der Waals surface area contributed by atoms with Gasteiger partial charge in [-0.2, -0.15) is 0 Å². The van der Waals surface area contributed by atoms with Gasteiger partial charge in [0, 0.05) is 5.69 Å². The Balaban J connectivity index is 0.00000121. The third kappa shape index (κ3) is 5.15. The Labute approximate surface area is 147 Å². The Bertz CT molecular complexity index is 667. The third-order valence-electron chi connectivity index (χ3n) is 2.82. The molecule has 112 valence electrons. The minimum absolute atomic E-state index is 0. The molecule has 2 aromatic rings. The first-order valence-corrected chi connectivity index (χ1v) is 6.52. The van der Waals surface area contributed by atoms with Crippen molar-refractivity contribution in [1.82, 2.24) is 0 Å². The molecular weight excluding hydrogens is 338 g/mol. The van der Waals surface area contributed by atoms with Gasteiger partial charge in [0.2, 0.25) is 0 Å². The van der Waals surface area contributed by atoms with Gasteiger partial charge in [0.1, 0.15) is 5.84 Å². The van der Waals surface area contributed by atoms with Crippen molar-refractivity contribution in [3.05, 3.63) is 72.8 Å². The maximum Gasteiger partial charge on any atom is 2.00 e. The van der Waals surface area contributed by atoms with E-state index in [-0.39, 0.29) is 29.5 Å². The molecule has 0 atom stereocenters. The number of nitrogens with zero attached hydrogens (tertiary/aromatic N) is 2. The van der Waals surface area contributed by atoms with Gasteiger partial charge < -0.3 is 23.8 Å². The number of para-hydroxylation sites is 2. The minimum atomic E-state index is 0. The second kappa shape index (κ2) is 9.21. The van der Waals surface area contributed by atoms with Crippen LogP contribution in [0.1, 0.15) is 6.42 Å². The molecule has 1 aliphatic heterocycles. The van der Waals surface area contributed by atoms with Gasteiger partial charge in [-0.25, -0.2) is 4.99 Å². The predicted molar refractivity (Wildman–Crippen MR) is 83.5 cm³/mol. The van der Waals surface area contributed by atoms with E-state index in [2.05, 4.69) is 21.4 Å². The molecule has 0 saturated carbocycles. The summed E-state index contributed by atoms with van der Waals surface area (Å²) in [6, 6.07) is 19.8. The van der Waals surface area contributed by atoms with E-state index in [0.29, 0.717) is 12.3 Å². The van der Waals surface area contributed by atoms with Crippen molar-refractivity contribution in [2.45, 2.75) is 6.42 Å². The Kier molecular flexibility index (Phi) is 7.61. The third-order valence-corrected chi connectivity index (χ3v) is 2.82. The number of benzene rings is 2. The molecule has 1 N–H and O–H groups in total. The quantitative estimate of drug-likeness (QED) is 0.636. The number of anilines is 1. The smallest absolute Gasteiger partial charge is 1.00 e. The molecule has 0 aromatic heterocycles. The molecule has 0 aliphatic carbocycles. The van der Waals surface area contributed by atoms with Gasteiger partial charge in [-0.3, -0.25) is 11.1 Å². The Morgan fingerprint density at radius 2 is 1.59 bits per heavy atom. The number of amidine groups is 2. The van der Waals surface area contributed by atoms with Gasteiger partial charge in [0.25, 0.3) is 0 Å². The van der Waals surface area contributed by atoms with E-state index in [9.17, 15) is 0 Å². The van der Waals surface area contributed by atoms with Crippen LogP contribution in [0.3, 0.4) is 0 Å². The SMILES string of the molecule is [C-]1=CCC(=Nc2ccccc2)N=C1Nc1ccccc1.[Cl-].[Fe+2]. The van der Waals surface area contributed by atoms with Crippen molar-refractivity contribution in [1.29, 1.82) is 0 Å². The number of rotatable bonds is 2. The second-order valence-corrected chi connectivity index (χ2v) is 4.37. The van der Waals surface area contributed by atoms with Crippen LogP contribution in [0.5, 0.6) is 0 Å². The summed E-state index contributed by atoms with van der Waals surface area (Å²) in [5.74, 6) is 1.48. The van der Waals surface area contributed by atoms with Crippen molar-refractivity contribution in [2.24, 2.45) is 9.98 Å².